The third-order valence-corrected chi connectivity index (χ3v) is 5.62. The molecule has 0 atom stereocenters. The number of thioether (sulfide) groups is 1. The number of allylic oxidation sites excluding steroid dienone is 2. The maximum absolute atomic E-state index is 14.8. The van der Waals surface area contributed by atoms with E-state index in [1.54, 1.807) is 18.2 Å². The van der Waals surface area contributed by atoms with E-state index in [9.17, 15) is 9.18 Å². The van der Waals surface area contributed by atoms with E-state index in [1.807, 2.05) is 38.1 Å². The molecule has 1 amide bonds. The number of likely N-dealkylation sites (N-methyl/N-ethyl adjacent to an activating group) is 1. The van der Waals surface area contributed by atoms with Crippen molar-refractivity contribution in [2.24, 2.45) is 4.99 Å². The zero-order chi connectivity index (χ0) is 21.0. The van der Waals surface area contributed by atoms with Gasteiger partial charge in [-0.3, -0.25) is 4.79 Å². The molecule has 3 nitrogen and oxygen atoms in total. The van der Waals surface area contributed by atoms with Crippen molar-refractivity contribution in [3.63, 3.8) is 0 Å². The molecule has 29 heavy (non-hydrogen) atoms. The van der Waals surface area contributed by atoms with Crippen molar-refractivity contribution in [1.82, 2.24) is 5.32 Å². The van der Waals surface area contributed by atoms with Crippen molar-refractivity contribution in [3.05, 3.63) is 99.3 Å². The smallest absolute Gasteiger partial charge is 0.251 e. The van der Waals surface area contributed by atoms with E-state index in [1.165, 1.54) is 23.9 Å². The lowest BCUT2D eigenvalue weighted by Crippen LogP contribution is -2.23. The highest BCUT2D eigenvalue weighted by atomic mass is 35.5. The average molecular weight is 427 g/mol. The van der Waals surface area contributed by atoms with E-state index in [-0.39, 0.29) is 5.91 Å². The van der Waals surface area contributed by atoms with Crippen LogP contribution in [0.4, 0.5) is 4.39 Å². The lowest BCUT2D eigenvalue weighted by molar-refractivity contribution is -0.117. The molecule has 0 aliphatic carbocycles. The second-order valence-electron chi connectivity index (χ2n) is 6.29. The fourth-order valence-electron chi connectivity index (χ4n) is 2.88. The number of halogens is 2. The third-order valence-electron chi connectivity index (χ3n) is 4.30. The minimum Gasteiger partial charge on any atom is -0.352 e. The molecule has 0 saturated heterocycles. The zero-order valence-electron chi connectivity index (χ0n) is 16.1. The summed E-state index contributed by atoms with van der Waals surface area (Å²) in [4.78, 5) is 18.9. The molecule has 6 heteroatoms. The summed E-state index contributed by atoms with van der Waals surface area (Å²) in [6, 6.07) is 12.2. The van der Waals surface area contributed by atoms with E-state index in [2.05, 4.69) is 11.9 Å². The second-order valence-corrected chi connectivity index (χ2v) is 7.98. The predicted octanol–water partition coefficient (Wildman–Crippen LogP) is 5.90. The molecule has 0 unspecified atom stereocenters. The van der Waals surface area contributed by atoms with Crippen LogP contribution >= 0.6 is 23.4 Å². The molecule has 2 aromatic rings. The van der Waals surface area contributed by atoms with Crippen molar-refractivity contribution in [2.75, 3.05) is 6.54 Å². The monoisotopic (exact) mass is 426 g/mol. The first-order chi connectivity index (χ1) is 13.9. The maximum Gasteiger partial charge on any atom is 0.251 e. The molecular formula is C23H20ClFN2OS. The Morgan fingerprint density at radius 1 is 1.28 bits per heavy atom. The third kappa shape index (κ3) is 4.69. The number of nitrogens with one attached hydrogen (secondary N) is 1. The summed E-state index contributed by atoms with van der Waals surface area (Å²) in [6.07, 6.45) is 3.17. The van der Waals surface area contributed by atoms with Gasteiger partial charge in [-0.05, 0) is 44.2 Å². The van der Waals surface area contributed by atoms with Crippen LogP contribution in [-0.4, -0.2) is 18.2 Å². The van der Waals surface area contributed by atoms with Crippen LogP contribution in [-0.2, 0) is 4.79 Å². The summed E-state index contributed by atoms with van der Waals surface area (Å²) in [6.45, 7) is 8.02. The van der Waals surface area contributed by atoms with Crippen molar-refractivity contribution in [2.45, 2.75) is 18.7 Å². The van der Waals surface area contributed by atoms with Crippen molar-refractivity contribution < 1.29 is 9.18 Å². The number of hydrogen-bond donors (Lipinski definition) is 1. The Bertz CT molecular complexity index is 1070. The van der Waals surface area contributed by atoms with Crippen LogP contribution < -0.4 is 5.32 Å². The summed E-state index contributed by atoms with van der Waals surface area (Å²) >= 11 is 7.47. The molecule has 3 rings (SSSR count). The molecule has 0 saturated carbocycles. The Morgan fingerprint density at radius 2 is 2.03 bits per heavy atom. The molecule has 1 aliphatic heterocycles. The number of carbonyl (C=O) groups excluding carboxylic acids is 1. The van der Waals surface area contributed by atoms with Gasteiger partial charge in [0.2, 0.25) is 0 Å². The maximum atomic E-state index is 14.8. The minimum absolute atomic E-state index is 0.232. The molecular weight excluding hydrogens is 407 g/mol. The van der Waals surface area contributed by atoms with E-state index >= 15 is 0 Å². The number of aliphatic imine (C=N–C) groups is 1. The van der Waals surface area contributed by atoms with Gasteiger partial charge in [0.15, 0.2) is 0 Å². The van der Waals surface area contributed by atoms with E-state index in [0.717, 1.165) is 15.4 Å². The number of amides is 1. The largest absolute Gasteiger partial charge is 0.352 e. The van der Waals surface area contributed by atoms with Crippen molar-refractivity contribution in [1.29, 1.82) is 0 Å². The number of nitrogens with zero attached hydrogens (tertiary/aromatic N) is 1. The van der Waals surface area contributed by atoms with Crippen LogP contribution in [0.25, 0.3) is 0 Å². The Hall–Kier alpha value is -2.63. The highest BCUT2D eigenvalue weighted by molar-refractivity contribution is 8.03. The van der Waals surface area contributed by atoms with Crippen LogP contribution in [0.2, 0.25) is 5.02 Å². The Kier molecular flexibility index (Phi) is 6.72. The standard InChI is InChI=1S/C23H20ClFN2OS/c1-4-15(23(28)26-5-2)12-20-14(3)29-21-9-7-6-8-18(21)22(27-20)17-11-10-16(24)13-19(17)25/h4,6-13H,1,5H2,2-3H3,(H,26,28)/b15-12+. The van der Waals surface area contributed by atoms with Gasteiger partial charge in [-0.2, -0.15) is 0 Å². The van der Waals surface area contributed by atoms with Crippen LogP contribution in [0, 0.1) is 5.82 Å². The topological polar surface area (TPSA) is 41.5 Å². The van der Waals surface area contributed by atoms with Gasteiger partial charge in [0.1, 0.15) is 5.82 Å². The number of fused-ring (bicyclic) bond motifs is 1. The van der Waals surface area contributed by atoms with Gasteiger partial charge in [0.25, 0.3) is 5.91 Å². The second kappa shape index (κ2) is 9.25. The summed E-state index contributed by atoms with van der Waals surface area (Å²) < 4.78 is 14.8. The molecule has 1 heterocycles. The van der Waals surface area contributed by atoms with Crippen LogP contribution in [0.5, 0.6) is 0 Å². The van der Waals surface area contributed by atoms with Gasteiger partial charge >= 0.3 is 0 Å². The average Bonchev–Trinajstić information content (AvgIpc) is 2.82. The Balaban J connectivity index is 2.22. The van der Waals surface area contributed by atoms with Gasteiger partial charge < -0.3 is 5.32 Å². The van der Waals surface area contributed by atoms with E-state index in [0.29, 0.717) is 34.1 Å². The molecule has 1 N–H and O–H groups in total. The van der Waals surface area contributed by atoms with Gasteiger partial charge in [-0.15, -0.1) is 0 Å². The molecule has 0 spiro atoms. The first-order valence-electron chi connectivity index (χ1n) is 9.09. The number of benzene rings is 2. The number of hydrogen-bond acceptors (Lipinski definition) is 3. The van der Waals surface area contributed by atoms with E-state index < -0.39 is 5.82 Å². The Labute approximate surface area is 179 Å². The SMILES string of the molecule is C=C/C(=C\C1=C(C)Sc2ccccc2C(c2ccc(Cl)cc2F)=N1)C(=O)NCC. The summed E-state index contributed by atoms with van der Waals surface area (Å²) in [5.41, 5.74) is 2.63. The number of carbonyl (C=O) groups is 1. The molecule has 0 bridgehead atoms. The molecule has 1 aliphatic rings. The lowest BCUT2D eigenvalue weighted by atomic mass is 10.0. The molecule has 0 fully saturated rings. The van der Waals surface area contributed by atoms with Crippen LogP contribution in [0.3, 0.4) is 0 Å². The normalized spacial score (nSPS) is 14.1. The predicted molar refractivity (Wildman–Crippen MR) is 119 cm³/mol. The minimum atomic E-state index is -0.452. The Morgan fingerprint density at radius 3 is 2.72 bits per heavy atom. The molecule has 2 aromatic carbocycles. The van der Waals surface area contributed by atoms with Crippen LogP contribution in [0.15, 0.2) is 87.3 Å². The zero-order valence-corrected chi connectivity index (χ0v) is 17.7. The van der Waals surface area contributed by atoms with Crippen molar-refractivity contribution >= 4 is 35.0 Å². The van der Waals surface area contributed by atoms with Crippen molar-refractivity contribution in [3.8, 4) is 0 Å². The molecule has 0 radical (unpaired) electrons. The van der Waals surface area contributed by atoms with Crippen LogP contribution in [0.1, 0.15) is 25.0 Å². The van der Waals surface area contributed by atoms with Gasteiger partial charge in [0, 0.05) is 38.1 Å². The summed E-state index contributed by atoms with van der Waals surface area (Å²) in [5, 5.41) is 3.08. The summed E-state index contributed by atoms with van der Waals surface area (Å²) in [5.74, 6) is -0.685. The van der Waals surface area contributed by atoms with Gasteiger partial charge in [0.05, 0.1) is 11.4 Å². The highest BCUT2D eigenvalue weighted by Gasteiger charge is 2.21. The fourth-order valence-corrected chi connectivity index (χ4v) is 3.99. The highest BCUT2D eigenvalue weighted by Crippen LogP contribution is 2.37. The quantitative estimate of drug-likeness (QED) is 0.477. The molecule has 148 valence electrons. The fraction of sp³-hybridized carbons (Fsp3) is 0.130. The lowest BCUT2D eigenvalue weighted by Gasteiger charge is -2.10. The first kappa shape index (κ1) is 21.1. The summed E-state index contributed by atoms with van der Waals surface area (Å²) in [7, 11) is 0. The van der Waals surface area contributed by atoms with Gasteiger partial charge in [-0.25, -0.2) is 9.38 Å². The van der Waals surface area contributed by atoms with Gasteiger partial charge in [-0.1, -0.05) is 54.2 Å². The molecule has 0 aromatic heterocycles. The first-order valence-corrected chi connectivity index (χ1v) is 10.3. The van der Waals surface area contributed by atoms with E-state index in [4.69, 9.17) is 16.6 Å². The number of rotatable bonds is 5.